The zero-order valence-electron chi connectivity index (χ0n) is 9.07. The predicted molar refractivity (Wildman–Crippen MR) is 50.0 cm³/mol. The number of fused-ring (bicyclic) bond motifs is 2. The second-order valence-electron chi connectivity index (χ2n) is 3.88. The van der Waals surface area contributed by atoms with Crippen LogP contribution in [0.3, 0.4) is 0 Å². The van der Waals surface area contributed by atoms with Crippen LogP contribution in [0.2, 0.25) is 0 Å². The fourth-order valence-electron chi connectivity index (χ4n) is 2.17. The van der Waals surface area contributed by atoms with E-state index in [4.69, 9.17) is 0 Å². The zero-order valence-corrected chi connectivity index (χ0v) is 17.9. The normalized spacial score (nSPS) is 27.0. The van der Waals surface area contributed by atoms with Gasteiger partial charge in [0.05, 0.1) is 0 Å². The molecule has 0 aromatic heterocycles. The van der Waals surface area contributed by atoms with E-state index in [0.29, 0.717) is 0 Å². The molecule has 2 atom stereocenters. The van der Waals surface area contributed by atoms with Crippen LogP contribution in [0.25, 0.3) is 0 Å². The van der Waals surface area contributed by atoms with Gasteiger partial charge >= 0.3 is 21.1 Å². The van der Waals surface area contributed by atoms with Crippen molar-refractivity contribution in [2.24, 2.45) is 11.8 Å². The molecule has 3 heteroatoms. The Morgan fingerprint density at radius 1 is 1.00 bits per heavy atom. The molecule has 0 amide bonds. The Labute approximate surface area is 133 Å². The fourth-order valence-corrected chi connectivity index (χ4v) is 2.17. The molecule has 0 radical (unpaired) electrons. The Morgan fingerprint density at radius 3 is 1.64 bits per heavy atom. The second-order valence-corrected chi connectivity index (χ2v) is 3.88. The van der Waals surface area contributed by atoms with E-state index in [1.165, 1.54) is 25.7 Å². The summed E-state index contributed by atoms with van der Waals surface area (Å²) < 4.78 is 0. The van der Waals surface area contributed by atoms with Crippen molar-refractivity contribution in [3.05, 3.63) is 12.8 Å². The largest absolute Gasteiger partial charge is 2.00 e. The maximum absolute atomic E-state index is 2.49. The van der Waals surface area contributed by atoms with Crippen LogP contribution in [0.1, 0.15) is 46.0 Å². The van der Waals surface area contributed by atoms with Gasteiger partial charge in [0.25, 0.3) is 0 Å². The molecule has 2 bridgehead atoms. The molecule has 0 spiro atoms. The Balaban J connectivity index is -0.000000185. The smallest absolute Gasteiger partial charge is 0.335 e. The van der Waals surface area contributed by atoms with E-state index in [1.54, 1.807) is 6.42 Å². The Kier molecular flexibility index (Phi) is 20.0. The van der Waals surface area contributed by atoms with Gasteiger partial charge < -0.3 is 12.8 Å². The molecule has 0 aromatic carbocycles. The minimum absolute atomic E-state index is 0. The minimum Gasteiger partial charge on any atom is -0.335 e. The van der Waals surface area contributed by atoms with Gasteiger partial charge in [-0.25, -0.2) is 0 Å². The van der Waals surface area contributed by atoms with Crippen molar-refractivity contribution < 1.29 is 63.2 Å². The summed E-state index contributed by atoms with van der Waals surface area (Å²) in [5, 5.41) is 0. The maximum Gasteiger partial charge on any atom is 2.00 e. The van der Waals surface area contributed by atoms with Gasteiger partial charge in [-0.15, -0.1) is 0 Å². The molecule has 2 saturated carbocycles. The molecule has 2 aliphatic carbocycles. The van der Waals surface area contributed by atoms with Crippen molar-refractivity contribution in [2.75, 3.05) is 0 Å². The molecule has 0 saturated heterocycles. The van der Waals surface area contributed by atoms with E-state index in [9.17, 15) is 0 Å². The first-order valence-corrected chi connectivity index (χ1v) is 4.92. The predicted octanol–water partition coefficient (Wildman–Crippen LogP) is 3.62. The summed E-state index contributed by atoms with van der Waals surface area (Å²) in [7, 11) is 0. The van der Waals surface area contributed by atoms with Gasteiger partial charge in [-0.05, 0) is 0 Å². The van der Waals surface area contributed by atoms with Gasteiger partial charge in [-0.3, -0.25) is 0 Å². The average molecular weight is 704 g/mol. The summed E-state index contributed by atoms with van der Waals surface area (Å²) in [5.41, 5.74) is 0. The topological polar surface area (TPSA) is 0 Å². The standard InChI is InChI=1S/C8H13.C3H7.3W/c1-2-7-4-5-8(3-1)6-7;1-3-2;;;/h1,7-8H,2-6H2;3H,1-2H3;;;/q2*-1;;;+2. The molecule has 2 unspecified atom stereocenters. The van der Waals surface area contributed by atoms with E-state index in [2.05, 4.69) is 6.42 Å². The Morgan fingerprint density at radius 2 is 1.36 bits per heavy atom. The third kappa shape index (κ3) is 8.24. The van der Waals surface area contributed by atoms with E-state index in [-0.39, 0.29) is 63.2 Å². The number of rotatable bonds is 0. The molecule has 0 aliphatic heterocycles. The summed E-state index contributed by atoms with van der Waals surface area (Å²) in [5.74, 6) is 2.21. The van der Waals surface area contributed by atoms with Gasteiger partial charge in [0.2, 0.25) is 0 Å². The molecule has 82 valence electrons. The van der Waals surface area contributed by atoms with Crippen LogP contribution in [0.5, 0.6) is 0 Å². The minimum atomic E-state index is 0. The van der Waals surface area contributed by atoms with E-state index in [1.807, 2.05) is 20.3 Å². The first-order chi connectivity index (χ1) is 5.36. The van der Waals surface area contributed by atoms with Crippen LogP contribution in [-0.4, -0.2) is 0 Å². The first-order valence-electron chi connectivity index (χ1n) is 4.92. The van der Waals surface area contributed by atoms with Crippen molar-refractivity contribution in [2.45, 2.75) is 46.0 Å². The Bertz CT molecular complexity index is 92.7. The van der Waals surface area contributed by atoms with Gasteiger partial charge in [0, 0.05) is 42.1 Å². The maximum atomic E-state index is 2.49. The molecular weight excluding hydrogens is 684 g/mol. The Hall–Kier alpha value is 2.06. The number of hydrogen-bond donors (Lipinski definition) is 0. The molecule has 2 fully saturated rings. The van der Waals surface area contributed by atoms with E-state index in [0.717, 1.165) is 11.8 Å². The van der Waals surface area contributed by atoms with E-state index >= 15 is 0 Å². The molecule has 14 heavy (non-hydrogen) atoms. The van der Waals surface area contributed by atoms with Crippen molar-refractivity contribution in [3.8, 4) is 0 Å². The molecule has 0 nitrogen and oxygen atoms in total. The van der Waals surface area contributed by atoms with Gasteiger partial charge in [0.1, 0.15) is 0 Å². The molecule has 0 aromatic rings. The summed E-state index contributed by atoms with van der Waals surface area (Å²) in [4.78, 5) is 0. The van der Waals surface area contributed by atoms with Crippen molar-refractivity contribution in [1.29, 1.82) is 0 Å². The van der Waals surface area contributed by atoms with Crippen LogP contribution >= 0.6 is 0 Å². The molecule has 0 heterocycles. The summed E-state index contributed by atoms with van der Waals surface area (Å²) in [6.07, 6.45) is 12.0. The monoisotopic (exact) mass is 704 g/mol. The van der Waals surface area contributed by atoms with Gasteiger partial charge in [0.15, 0.2) is 0 Å². The summed E-state index contributed by atoms with van der Waals surface area (Å²) in [6, 6.07) is 0. The van der Waals surface area contributed by atoms with E-state index < -0.39 is 0 Å². The van der Waals surface area contributed by atoms with Crippen molar-refractivity contribution in [1.82, 2.24) is 0 Å². The molecule has 2 aliphatic rings. The van der Waals surface area contributed by atoms with Gasteiger partial charge in [-0.1, -0.05) is 31.1 Å². The molecule has 2 rings (SSSR count). The number of hydrogen-bond acceptors (Lipinski definition) is 0. The first kappa shape index (κ1) is 21.4. The van der Waals surface area contributed by atoms with Crippen molar-refractivity contribution in [3.63, 3.8) is 0 Å². The van der Waals surface area contributed by atoms with Crippen LogP contribution < -0.4 is 0 Å². The zero-order chi connectivity index (χ0) is 8.10. The van der Waals surface area contributed by atoms with Crippen molar-refractivity contribution >= 4 is 0 Å². The third-order valence-electron chi connectivity index (χ3n) is 2.65. The average Bonchev–Trinajstić information content (AvgIpc) is 2.33. The van der Waals surface area contributed by atoms with Crippen LogP contribution in [-0.2, 0) is 63.2 Å². The van der Waals surface area contributed by atoms with Crippen LogP contribution in [0.4, 0.5) is 0 Å². The van der Waals surface area contributed by atoms with Crippen LogP contribution in [0.15, 0.2) is 0 Å². The molecule has 0 N–H and O–H groups in total. The summed E-state index contributed by atoms with van der Waals surface area (Å²) >= 11 is 0. The third-order valence-corrected chi connectivity index (χ3v) is 2.65. The SMILES string of the molecule is C[CH-]C.[CH-]1CC2CCC(C1)C2.[W+2].[W].[W]. The summed E-state index contributed by atoms with van der Waals surface area (Å²) in [6.45, 7) is 4.00. The van der Waals surface area contributed by atoms with Gasteiger partial charge in [-0.2, -0.15) is 26.7 Å². The second kappa shape index (κ2) is 13.1. The quantitative estimate of drug-likeness (QED) is 0.339. The fraction of sp³-hybridized carbons (Fsp3) is 0.818. The van der Waals surface area contributed by atoms with Crippen LogP contribution in [0, 0.1) is 24.7 Å². The molecular formula is C11H20W3.